The lowest BCUT2D eigenvalue weighted by atomic mass is 10.1. The van der Waals surface area contributed by atoms with Crippen LogP contribution in [0.1, 0.15) is 22.0 Å². The number of aryl methyl sites for hydroxylation is 1. The highest BCUT2D eigenvalue weighted by Crippen LogP contribution is 2.26. The maximum atomic E-state index is 13.1. The molecular formula is C22H24N2O2S. The number of amides is 1. The molecule has 0 radical (unpaired) electrons. The van der Waals surface area contributed by atoms with E-state index in [1.807, 2.05) is 61.5 Å². The Morgan fingerprint density at radius 2 is 1.93 bits per heavy atom. The minimum Gasteiger partial charge on any atom is -0.495 e. The molecule has 140 valence electrons. The Morgan fingerprint density at radius 1 is 1.11 bits per heavy atom. The Morgan fingerprint density at radius 3 is 2.63 bits per heavy atom. The van der Waals surface area contributed by atoms with Crippen LogP contribution < -0.4 is 15.4 Å². The zero-order valence-corrected chi connectivity index (χ0v) is 16.4. The van der Waals surface area contributed by atoms with E-state index in [1.165, 1.54) is 4.88 Å². The normalized spacial score (nSPS) is 11.8. The molecule has 27 heavy (non-hydrogen) atoms. The molecule has 1 heterocycles. The second-order valence-electron chi connectivity index (χ2n) is 6.32. The van der Waals surface area contributed by atoms with Gasteiger partial charge in [-0.3, -0.25) is 4.79 Å². The van der Waals surface area contributed by atoms with Gasteiger partial charge in [0, 0.05) is 11.4 Å². The molecule has 5 heteroatoms. The van der Waals surface area contributed by atoms with Crippen LogP contribution in [0.5, 0.6) is 5.75 Å². The quantitative estimate of drug-likeness (QED) is 0.601. The summed E-state index contributed by atoms with van der Waals surface area (Å²) in [7, 11) is 1.61. The third kappa shape index (κ3) is 5.18. The van der Waals surface area contributed by atoms with Crippen molar-refractivity contribution in [3.05, 3.63) is 82.0 Å². The molecule has 1 aromatic heterocycles. The number of ether oxygens (including phenoxy) is 1. The third-order valence-corrected chi connectivity index (χ3v) is 5.24. The van der Waals surface area contributed by atoms with Gasteiger partial charge < -0.3 is 15.4 Å². The molecule has 2 aromatic carbocycles. The Bertz CT molecular complexity index is 863. The summed E-state index contributed by atoms with van der Waals surface area (Å²) in [5.41, 5.74) is 2.68. The van der Waals surface area contributed by atoms with Gasteiger partial charge in [-0.25, -0.2) is 0 Å². The predicted molar refractivity (Wildman–Crippen MR) is 112 cm³/mol. The predicted octanol–water partition coefficient (Wildman–Crippen LogP) is 4.58. The van der Waals surface area contributed by atoms with Crippen molar-refractivity contribution in [2.24, 2.45) is 0 Å². The standard InChI is InChI=1S/C22H24N2O2S/c1-16-10-11-20(26-2)19(15-16)24-22(25)21(17-7-4-3-5-8-17)23-13-12-18-9-6-14-27-18/h3-11,14-15,21,23H,12-13H2,1-2H3,(H,24,25). The highest BCUT2D eigenvalue weighted by atomic mass is 32.1. The molecule has 4 nitrogen and oxygen atoms in total. The number of carbonyl (C=O) groups is 1. The smallest absolute Gasteiger partial charge is 0.246 e. The van der Waals surface area contributed by atoms with E-state index in [2.05, 4.69) is 22.1 Å². The van der Waals surface area contributed by atoms with Crippen molar-refractivity contribution < 1.29 is 9.53 Å². The van der Waals surface area contributed by atoms with Crippen LogP contribution >= 0.6 is 11.3 Å². The molecule has 0 aliphatic heterocycles. The molecule has 0 fully saturated rings. The molecule has 2 N–H and O–H groups in total. The number of hydrogen-bond acceptors (Lipinski definition) is 4. The van der Waals surface area contributed by atoms with Gasteiger partial charge in [0.05, 0.1) is 12.8 Å². The Kier molecular flexibility index (Phi) is 6.63. The molecule has 1 unspecified atom stereocenters. The Balaban J connectivity index is 1.75. The summed E-state index contributed by atoms with van der Waals surface area (Å²) in [6.07, 6.45) is 0.891. The lowest BCUT2D eigenvalue weighted by molar-refractivity contribution is -0.118. The highest BCUT2D eigenvalue weighted by molar-refractivity contribution is 7.09. The van der Waals surface area contributed by atoms with Crippen molar-refractivity contribution in [1.29, 1.82) is 0 Å². The van der Waals surface area contributed by atoms with Gasteiger partial charge in [0.25, 0.3) is 0 Å². The fourth-order valence-electron chi connectivity index (χ4n) is 2.93. The number of methoxy groups -OCH3 is 1. The van der Waals surface area contributed by atoms with Crippen LogP contribution in [0.15, 0.2) is 66.0 Å². The van der Waals surface area contributed by atoms with Crippen molar-refractivity contribution in [1.82, 2.24) is 5.32 Å². The molecule has 1 atom stereocenters. The van der Waals surface area contributed by atoms with E-state index in [1.54, 1.807) is 18.4 Å². The van der Waals surface area contributed by atoms with Crippen LogP contribution in [0.25, 0.3) is 0 Å². The summed E-state index contributed by atoms with van der Waals surface area (Å²) in [5.74, 6) is 0.552. The van der Waals surface area contributed by atoms with Crippen LogP contribution in [0.4, 0.5) is 5.69 Å². The van der Waals surface area contributed by atoms with Gasteiger partial charge in [-0.2, -0.15) is 0 Å². The highest BCUT2D eigenvalue weighted by Gasteiger charge is 2.21. The SMILES string of the molecule is COc1ccc(C)cc1NC(=O)C(NCCc1cccs1)c1ccccc1. The van der Waals surface area contributed by atoms with Gasteiger partial charge in [0.15, 0.2) is 0 Å². The summed E-state index contributed by atoms with van der Waals surface area (Å²) in [6.45, 7) is 2.71. The van der Waals surface area contributed by atoms with E-state index in [4.69, 9.17) is 4.74 Å². The maximum absolute atomic E-state index is 13.1. The first kappa shape index (κ1) is 19.1. The monoisotopic (exact) mass is 380 g/mol. The Hall–Kier alpha value is -2.63. The number of benzene rings is 2. The summed E-state index contributed by atoms with van der Waals surface area (Å²) < 4.78 is 5.38. The van der Waals surface area contributed by atoms with Gasteiger partial charge >= 0.3 is 0 Å². The molecule has 0 bridgehead atoms. The van der Waals surface area contributed by atoms with E-state index in [-0.39, 0.29) is 5.91 Å². The van der Waals surface area contributed by atoms with Gasteiger partial charge in [0.1, 0.15) is 11.8 Å². The van der Waals surface area contributed by atoms with Crippen molar-refractivity contribution in [2.45, 2.75) is 19.4 Å². The first-order valence-electron chi connectivity index (χ1n) is 8.93. The topological polar surface area (TPSA) is 50.4 Å². The zero-order chi connectivity index (χ0) is 19.1. The fraction of sp³-hybridized carbons (Fsp3) is 0.227. The molecule has 0 saturated carbocycles. The van der Waals surface area contributed by atoms with Gasteiger partial charge in [-0.05, 0) is 48.1 Å². The average Bonchev–Trinajstić information content (AvgIpc) is 3.19. The summed E-state index contributed by atoms with van der Waals surface area (Å²) >= 11 is 1.73. The summed E-state index contributed by atoms with van der Waals surface area (Å²) in [5, 5.41) is 8.49. The lowest BCUT2D eigenvalue weighted by Crippen LogP contribution is -2.34. The molecule has 0 spiro atoms. The van der Waals surface area contributed by atoms with Crippen LogP contribution in [-0.4, -0.2) is 19.6 Å². The van der Waals surface area contributed by atoms with Crippen molar-refractivity contribution >= 4 is 22.9 Å². The first-order chi connectivity index (χ1) is 13.2. The number of hydrogen-bond donors (Lipinski definition) is 2. The van der Waals surface area contributed by atoms with E-state index < -0.39 is 6.04 Å². The van der Waals surface area contributed by atoms with Crippen LogP contribution in [0.2, 0.25) is 0 Å². The molecule has 3 rings (SSSR count). The number of carbonyl (C=O) groups excluding carboxylic acids is 1. The second-order valence-corrected chi connectivity index (χ2v) is 7.35. The van der Waals surface area contributed by atoms with E-state index in [0.717, 1.165) is 24.1 Å². The molecule has 3 aromatic rings. The second kappa shape index (κ2) is 9.35. The van der Waals surface area contributed by atoms with E-state index >= 15 is 0 Å². The number of anilines is 1. The maximum Gasteiger partial charge on any atom is 0.246 e. The molecule has 1 amide bonds. The molecule has 0 saturated heterocycles. The van der Waals surface area contributed by atoms with Crippen molar-refractivity contribution in [2.75, 3.05) is 19.0 Å². The molecular weight excluding hydrogens is 356 g/mol. The lowest BCUT2D eigenvalue weighted by Gasteiger charge is -2.20. The number of rotatable bonds is 8. The van der Waals surface area contributed by atoms with E-state index in [9.17, 15) is 4.79 Å². The number of nitrogens with one attached hydrogen (secondary N) is 2. The van der Waals surface area contributed by atoms with E-state index in [0.29, 0.717) is 11.4 Å². The summed E-state index contributed by atoms with van der Waals surface area (Å²) in [6, 6.07) is 19.3. The fourth-order valence-corrected chi connectivity index (χ4v) is 3.64. The molecule has 0 aliphatic rings. The van der Waals surface area contributed by atoms with Crippen LogP contribution in [0.3, 0.4) is 0 Å². The largest absolute Gasteiger partial charge is 0.495 e. The van der Waals surface area contributed by atoms with Gasteiger partial charge in [-0.1, -0.05) is 42.5 Å². The third-order valence-electron chi connectivity index (χ3n) is 4.31. The van der Waals surface area contributed by atoms with Gasteiger partial charge in [0.2, 0.25) is 5.91 Å². The average molecular weight is 381 g/mol. The zero-order valence-electron chi connectivity index (χ0n) is 15.6. The van der Waals surface area contributed by atoms with Gasteiger partial charge in [-0.15, -0.1) is 11.3 Å². The van der Waals surface area contributed by atoms with Crippen LogP contribution in [0, 0.1) is 6.92 Å². The van der Waals surface area contributed by atoms with Crippen molar-refractivity contribution in [3.63, 3.8) is 0 Å². The first-order valence-corrected chi connectivity index (χ1v) is 9.81. The number of thiophene rings is 1. The van der Waals surface area contributed by atoms with Crippen LogP contribution in [-0.2, 0) is 11.2 Å². The summed E-state index contributed by atoms with van der Waals surface area (Å²) in [4.78, 5) is 14.4. The molecule has 0 aliphatic carbocycles. The minimum absolute atomic E-state index is 0.101. The minimum atomic E-state index is -0.434. The van der Waals surface area contributed by atoms with Crippen molar-refractivity contribution in [3.8, 4) is 5.75 Å². The Labute approximate surface area is 164 Å².